The first-order valence-corrected chi connectivity index (χ1v) is 4.07. The second kappa shape index (κ2) is 7.48. The molecule has 1 amide bonds. The van der Waals surface area contributed by atoms with Gasteiger partial charge in [-0.05, 0) is 0 Å². The summed E-state index contributed by atoms with van der Waals surface area (Å²) in [6.07, 6.45) is -0.900. The van der Waals surface area contributed by atoms with Crippen molar-refractivity contribution in [2.45, 2.75) is 26.4 Å². The van der Waals surface area contributed by atoms with Crippen LogP contribution in [0.1, 0.15) is 20.8 Å². The van der Waals surface area contributed by atoms with E-state index in [1.807, 2.05) is 0 Å². The van der Waals surface area contributed by atoms with Crippen LogP contribution in [0.15, 0.2) is 0 Å². The van der Waals surface area contributed by atoms with Crippen molar-refractivity contribution in [3.63, 3.8) is 0 Å². The summed E-state index contributed by atoms with van der Waals surface area (Å²) in [5.74, 6) is 0. The molecule has 0 spiro atoms. The van der Waals surface area contributed by atoms with E-state index in [0.717, 1.165) is 0 Å². The second-order valence-electron chi connectivity index (χ2n) is 3.70. The summed E-state index contributed by atoms with van der Waals surface area (Å²) < 4.78 is 4.76. The molecule has 1 fully saturated rings. The van der Waals surface area contributed by atoms with Gasteiger partial charge in [-0.2, -0.15) is 0 Å². The van der Waals surface area contributed by atoms with Crippen LogP contribution in [0.4, 0.5) is 4.79 Å². The molecule has 0 aliphatic carbocycles. The third kappa shape index (κ3) is 12.2. The third-order valence-corrected chi connectivity index (χ3v) is 1.02. The van der Waals surface area contributed by atoms with Crippen molar-refractivity contribution in [2.75, 3.05) is 19.9 Å². The number of nitrogens with zero attached hydrogens (tertiary/aromatic N) is 1. The molecule has 6 heteroatoms. The number of rotatable bonds is 0. The molecule has 0 radical (unpaired) electrons. The van der Waals surface area contributed by atoms with Crippen molar-refractivity contribution in [1.29, 1.82) is 0 Å². The zero-order valence-electron chi connectivity index (χ0n) is 9.24. The fourth-order valence-corrected chi connectivity index (χ4v) is 0.565. The summed E-state index contributed by atoms with van der Waals surface area (Å²) in [5, 5.41) is 18.4. The number of amides is 1. The van der Waals surface area contributed by atoms with E-state index >= 15 is 0 Å². The van der Waals surface area contributed by atoms with Crippen LogP contribution in [-0.2, 0) is 4.74 Å². The topological polar surface area (TPSA) is 72.8 Å². The molecule has 0 aromatic heterocycles. The number of hydrogen-bond donors (Lipinski definition) is 1. The minimum Gasteiger partial charge on any atom is -0.850 e. The van der Waals surface area contributed by atoms with Gasteiger partial charge in [-0.15, -0.1) is 5.60 Å². The first-order valence-electron chi connectivity index (χ1n) is 4.07. The average Bonchev–Trinajstić information content (AvgIpc) is 2.31. The first kappa shape index (κ1) is 16.6. The molecule has 1 aliphatic heterocycles. The van der Waals surface area contributed by atoms with E-state index in [9.17, 15) is 9.90 Å². The van der Waals surface area contributed by atoms with E-state index in [4.69, 9.17) is 9.84 Å². The van der Waals surface area contributed by atoms with Crippen molar-refractivity contribution in [3.8, 4) is 0 Å². The Labute approximate surface area is 106 Å². The molecule has 1 N–H and O–H groups in total. The molecule has 14 heavy (non-hydrogen) atoms. The van der Waals surface area contributed by atoms with Crippen LogP contribution in [0.3, 0.4) is 0 Å². The van der Waals surface area contributed by atoms with Gasteiger partial charge in [-0.3, -0.25) is 4.90 Å². The second-order valence-corrected chi connectivity index (χ2v) is 3.70. The maximum absolute atomic E-state index is 10.1. The van der Waals surface area contributed by atoms with Gasteiger partial charge >= 0.3 is 35.7 Å². The number of carbonyl (C=O) groups is 1. The molecule has 5 nitrogen and oxygen atoms in total. The van der Waals surface area contributed by atoms with E-state index in [0.29, 0.717) is 13.2 Å². The Hall–Kier alpha value is 0.190. The number of carboxylic acid groups (broad SMARTS) is 1. The van der Waals surface area contributed by atoms with Crippen molar-refractivity contribution in [2.24, 2.45) is 0 Å². The Bertz CT molecular complexity index is 157. The zero-order chi connectivity index (χ0) is 10.5. The van der Waals surface area contributed by atoms with Gasteiger partial charge in [0.1, 0.15) is 6.73 Å². The van der Waals surface area contributed by atoms with Crippen molar-refractivity contribution in [3.05, 3.63) is 0 Å². The summed E-state index contributed by atoms with van der Waals surface area (Å²) in [5.41, 5.74) is -0.750. The summed E-state index contributed by atoms with van der Waals surface area (Å²) in [6.45, 7) is 6.17. The molecular formula is C8H16NNaO4. The van der Waals surface area contributed by atoms with E-state index in [1.54, 1.807) is 20.8 Å². The van der Waals surface area contributed by atoms with Gasteiger partial charge in [-0.1, -0.05) is 20.8 Å². The number of hydrogen-bond acceptors (Lipinski definition) is 3. The maximum Gasteiger partial charge on any atom is 1.00 e. The van der Waals surface area contributed by atoms with Crippen molar-refractivity contribution in [1.82, 2.24) is 4.90 Å². The smallest absolute Gasteiger partial charge is 0.850 e. The minimum absolute atomic E-state index is 0. The Balaban J connectivity index is 0. The largest absolute Gasteiger partial charge is 1.00 e. The molecule has 0 saturated carbocycles. The fourth-order valence-electron chi connectivity index (χ4n) is 0.565. The van der Waals surface area contributed by atoms with Gasteiger partial charge in [0, 0.05) is 6.54 Å². The molecule has 0 unspecified atom stereocenters. The zero-order valence-corrected chi connectivity index (χ0v) is 11.2. The Morgan fingerprint density at radius 3 is 2.07 bits per heavy atom. The van der Waals surface area contributed by atoms with Crippen LogP contribution in [0.25, 0.3) is 0 Å². The van der Waals surface area contributed by atoms with Gasteiger partial charge in [0.2, 0.25) is 0 Å². The molecule has 1 rings (SSSR count). The predicted molar refractivity (Wildman–Crippen MR) is 45.3 cm³/mol. The van der Waals surface area contributed by atoms with Gasteiger partial charge in [0.15, 0.2) is 0 Å². The van der Waals surface area contributed by atoms with Crippen LogP contribution >= 0.6 is 0 Å². The first-order chi connectivity index (χ1) is 5.80. The molecule has 78 valence electrons. The SMILES string of the molecule is CC(C)(C)[O-].O=C(O)N1CCOC1.[Na+]. The number of ether oxygens (including phenoxy) is 1. The third-order valence-electron chi connectivity index (χ3n) is 1.02. The summed E-state index contributed by atoms with van der Waals surface area (Å²) in [6, 6.07) is 0. The monoisotopic (exact) mass is 213 g/mol. The molecule has 1 heterocycles. The van der Waals surface area contributed by atoms with E-state index in [1.165, 1.54) is 4.90 Å². The molecular weight excluding hydrogens is 197 g/mol. The average molecular weight is 213 g/mol. The quantitative estimate of drug-likeness (QED) is 0.438. The van der Waals surface area contributed by atoms with Crippen LogP contribution < -0.4 is 34.7 Å². The van der Waals surface area contributed by atoms with Gasteiger partial charge < -0.3 is 14.9 Å². The Morgan fingerprint density at radius 2 is 1.93 bits per heavy atom. The van der Waals surface area contributed by atoms with Crippen molar-refractivity contribution < 1.29 is 49.3 Å². The molecule has 1 saturated heterocycles. The molecule has 1 aliphatic rings. The molecule has 0 atom stereocenters. The van der Waals surface area contributed by atoms with Crippen LogP contribution in [0.2, 0.25) is 0 Å². The normalized spacial score (nSPS) is 15.3. The molecule has 0 aromatic rings. The Morgan fingerprint density at radius 1 is 1.50 bits per heavy atom. The standard InChI is InChI=1S/C4H7NO3.C4H9O.Na/c6-4(7)5-1-2-8-3-5;1-4(2,3)5;/h1-3H2,(H,6,7);1-3H3;/q;-1;+1. The summed E-state index contributed by atoms with van der Waals surface area (Å²) in [4.78, 5) is 11.3. The Kier molecular flexibility index (Phi) is 8.87. The van der Waals surface area contributed by atoms with Gasteiger partial charge in [0.25, 0.3) is 0 Å². The summed E-state index contributed by atoms with van der Waals surface area (Å²) in [7, 11) is 0. The van der Waals surface area contributed by atoms with E-state index < -0.39 is 11.7 Å². The van der Waals surface area contributed by atoms with E-state index in [2.05, 4.69) is 0 Å². The summed E-state index contributed by atoms with van der Waals surface area (Å²) >= 11 is 0. The van der Waals surface area contributed by atoms with Crippen LogP contribution in [0, 0.1) is 0 Å². The minimum atomic E-state index is -0.900. The van der Waals surface area contributed by atoms with E-state index in [-0.39, 0.29) is 36.3 Å². The molecule has 0 aromatic carbocycles. The fraction of sp³-hybridized carbons (Fsp3) is 0.875. The van der Waals surface area contributed by atoms with Gasteiger partial charge in [-0.25, -0.2) is 4.79 Å². The van der Waals surface area contributed by atoms with Crippen LogP contribution in [0.5, 0.6) is 0 Å². The van der Waals surface area contributed by atoms with Crippen LogP contribution in [-0.4, -0.2) is 41.6 Å². The maximum atomic E-state index is 10.1. The van der Waals surface area contributed by atoms with Gasteiger partial charge in [0.05, 0.1) is 6.61 Å². The predicted octanol–water partition coefficient (Wildman–Crippen LogP) is -2.90. The van der Waals surface area contributed by atoms with Crippen molar-refractivity contribution >= 4 is 6.09 Å². The molecule has 0 bridgehead atoms.